The van der Waals surface area contributed by atoms with Crippen molar-refractivity contribution in [3.05, 3.63) is 59.5 Å². The van der Waals surface area contributed by atoms with Crippen LogP contribution in [0.2, 0.25) is 0 Å². The molecule has 1 aromatic heterocycles. The molecule has 2 aromatic carbocycles. The van der Waals surface area contributed by atoms with Crippen molar-refractivity contribution in [3.8, 4) is 17.2 Å². The van der Waals surface area contributed by atoms with Crippen LogP contribution in [0, 0.1) is 0 Å². The van der Waals surface area contributed by atoms with Gasteiger partial charge in [0.1, 0.15) is 17.2 Å². The summed E-state index contributed by atoms with van der Waals surface area (Å²) in [6, 6.07) is 12.9. The van der Waals surface area contributed by atoms with Crippen molar-refractivity contribution in [1.82, 2.24) is 0 Å². The molecule has 3 rings (SSSR count). The van der Waals surface area contributed by atoms with Crippen molar-refractivity contribution in [3.63, 3.8) is 0 Å². The number of hydrogen-bond donors (Lipinski definition) is 0. The molecule has 0 fully saturated rings. The first-order chi connectivity index (χ1) is 12.1. The largest absolute Gasteiger partial charge is 0.497 e. The molecule has 0 unspecified atom stereocenters. The Hall–Kier alpha value is -2.79. The highest BCUT2D eigenvalue weighted by Crippen LogP contribution is 2.35. The highest BCUT2D eigenvalue weighted by atomic mass is 32.1. The zero-order valence-corrected chi connectivity index (χ0v) is 15.1. The van der Waals surface area contributed by atoms with Crippen molar-refractivity contribution in [1.29, 1.82) is 0 Å². The molecule has 25 heavy (non-hydrogen) atoms. The molecule has 0 N–H and O–H groups in total. The predicted octanol–water partition coefficient (Wildman–Crippen LogP) is 4.82. The first-order valence-corrected chi connectivity index (χ1v) is 8.42. The second-order valence-corrected chi connectivity index (χ2v) is 6.47. The molecule has 0 bridgehead atoms. The van der Waals surface area contributed by atoms with E-state index >= 15 is 0 Å². The summed E-state index contributed by atoms with van der Waals surface area (Å²) in [5, 5.41) is 1.00. The number of thiophene rings is 1. The summed E-state index contributed by atoms with van der Waals surface area (Å²) in [6.45, 7) is 3.98. The standard InChI is InChI=1S/C20H18O4S/c1-12(16-8-7-14(22-2)10-17(16)24-4)20(21)19-9-13-5-6-15(23-3)11-18(13)25-19/h5-11H,1H2,2-4H3. The van der Waals surface area contributed by atoms with Crippen molar-refractivity contribution < 1.29 is 19.0 Å². The molecule has 4 nitrogen and oxygen atoms in total. The number of rotatable bonds is 6. The van der Waals surface area contributed by atoms with Gasteiger partial charge in [0.25, 0.3) is 0 Å². The number of allylic oxidation sites excluding steroid dienone is 1. The highest BCUT2D eigenvalue weighted by molar-refractivity contribution is 7.21. The van der Waals surface area contributed by atoms with E-state index in [0.717, 1.165) is 15.8 Å². The van der Waals surface area contributed by atoms with E-state index in [2.05, 4.69) is 6.58 Å². The number of ketones is 1. The summed E-state index contributed by atoms with van der Waals surface area (Å²) in [5.74, 6) is 1.86. The molecule has 0 aliphatic rings. The van der Waals surface area contributed by atoms with Crippen molar-refractivity contribution in [2.45, 2.75) is 0 Å². The topological polar surface area (TPSA) is 44.8 Å². The van der Waals surface area contributed by atoms with Crippen LogP contribution in [0.1, 0.15) is 15.2 Å². The molecular formula is C20H18O4S. The van der Waals surface area contributed by atoms with Crippen LogP contribution in [0.5, 0.6) is 17.2 Å². The summed E-state index contributed by atoms with van der Waals surface area (Å²) < 4.78 is 16.8. The molecule has 0 amide bonds. The Bertz CT molecular complexity index is 955. The fourth-order valence-corrected chi connectivity index (χ4v) is 3.63. The normalized spacial score (nSPS) is 10.5. The Kier molecular flexibility index (Phi) is 4.76. The predicted molar refractivity (Wildman–Crippen MR) is 101 cm³/mol. The van der Waals surface area contributed by atoms with E-state index in [-0.39, 0.29) is 5.78 Å². The lowest BCUT2D eigenvalue weighted by Crippen LogP contribution is -2.01. The number of benzene rings is 2. The van der Waals surface area contributed by atoms with E-state index in [9.17, 15) is 4.79 Å². The molecule has 1 heterocycles. The number of Topliss-reactive ketones (excluding diaryl/α,β-unsaturated/α-hetero) is 1. The molecule has 3 aromatic rings. The van der Waals surface area contributed by atoms with E-state index in [1.807, 2.05) is 24.3 Å². The van der Waals surface area contributed by atoms with Crippen LogP contribution in [0.15, 0.2) is 49.0 Å². The van der Waals surface area contributed by atoms with Crippen molar-refractivity contribution in [2.75, 3.05) is 21.3 Å². The van der Waals surface area contributed by atoms with Gasteiger partial charge in [-0.1, -0.05) is 6.58 Å². The van der Waals surface area contributed by atoms with Gasteiger partial charge < -0.3 is 14.2 Å². The number of carbonyl (C=O) groups excluding carboxylic acids is 1. The fraction of sp³-hybridized carbons (Fsp3) is 0.150. The third-order valence-corrected chi connectivity index (χ3v) is 5.06. The molecule has 0 spiro atoms. The Morgan fingerprint density at radius 3 is 2.28 bits per heavy atom. The zero-order chi connectivity index (χ0) is 18.0. The smallest absolute Gasteiger partial charge is 0.203 e. The maximum absolute atomic E-state index is 12.9. The molecule has 0 aliphatic heterocycles. The van der Waals surface area contributed by atoms with Crippen LogP contribution in [-0.2, 0) is 0 Å². The van der Waals surface area contributed by atoms with E-state index in [1.54, 1.807) is 39.5 Å². The third kappa shape index (κ3) is 3.23. The molecule has 0 atom stereocenters. The number of carbonyl (C=O) groups is 1. The van der Waals surface area contributed by atoms with Crippen LogP contribution >= 0.6 is 11.3 Å². The fourth-order valence-electron chi connectivity index (χ4n) is 2.57. The third-order valence-electron chi connectivity index (χ3n) is 3.96. The Labute approximate surface area is 150 Å². The van der Waals surface area contributed by atoms with Gasteiger partial charge >= 0.3 is 0 Å². The summed E-state index contributed by atoms with van der Waals surface area (Å²) in [5.41, 5.74) is 1.04. The van der Waals surface area contributed by atoms with Crippen LogP contribution in [-0.4, -0.2) is 27.1 Å². The average molecular weight is 354 g/mol. The van der Waals surface area contributed by atoms with E-state index in [0.29, 0.717) is 27.5 Å². The van der Waals surface area contributed by atoms with Gasteiger partial charge in [-0.25, -0.2) is 0 Å². The van der Waals surface area contributed by atoms with Gasteiger partial charge in [-0.2, -0.15) is 0 Å². The van der Waals surface area contributed by atoms with Crippen LogP contribution in [0.3, 0.4) is 0 Å². The van der Waals surface area contributed by atoms with Gasteiger partial charge in [0.05, 0.1) is 26.2 Å². The van der Waals surface area contributed by atoms with Gasteiger partial charge in [-0.05, 0) is 41.8 Å². The monoisotopic (exact) mass is 354 g/mol. The van der Waals surface area contributed by atoms with Gasteiger partial charge in [-0.3, -0.25) is 4.79 Å². The van der Waals surface area contributed by atoms with Crippen molar-refractivity contribution in [2.24, 2.45) is 0 Å². The summed E-state index contributed by atoms with van der Waals surface area (Å²) in [7, 11) is 4.76. The molecule has 0 radical (unpaired) electrons. The first kappa shape index (κ1) is 17.0. The molecular weight excluding hydrogens is 336 g/mol. The van der Waals surface area contributed by atoms with Crippen LogP contribution in [0.4, 0.5) is 0 Å². The minimum atomic E-state index is -0.122. The summed E-state index contributed by atoms with van der Waals surface area (Å²) in [6.07, 6.45) is 0. The van der Waals surface area contributed by atoms with Gasteiger partial charge in [-0.15, -0.1) is 11.3 Å². The zero-order valence-electron chi connectivity index (χ0n) is 14.3. The first-order valence-electron chi connectivity index (χ1n) is 7.61. The SMILES string of the molecule is C=C(C(=O)c1cc2ccc(OC)cc2s1)c1ccc(OC)cc1OC. The van der Waals surface area contributed by atoms with Gasteiger partial charge in [0, 0.05) is 21.9 Å². The van der Waals surface area contributed by atoms with E-state index < -0.39 is 0 Å². The second-order valence-electron chi connectivity index (χ2n) is 5.39. The van der Waals surface area contributed by atoms with Crippen LogP contribution < -0.4 is 14.2 Å². The molecule has 0 saturated heterocycles. The second kappa shape index (κ2) is 6.99. The highest BCUT2D eigenvalue weighted by Gasteiger charge is 2.19. The number of methoxy groups -OCH3 is 3. The molecule has 5 heteroatoms. The Morgan fingerprint density at radius 1 is 0.920 bits per heavy atom. The quantitative estimate of drug-likeness (QED) is 0.470. The lowest BCUT2D eigenvalue weighted by molar-refractivity contribution is 0.106. The van der Waals surface area contributed by atoms with Gasteiger partial charge in [0.2, 0.25) is 5.78 Å². The molecule has 128 valence electrons. The molecule has 0 aliphatic carbocycles. The number of hydrogen-bond acceptors (Lipinski definition) is 5. The minimum absolute atomic E-state index is 0.122. The summed E-state index contributed by atoms with van der Waals surface area (Å²) >= 11 is 1.42. The van der Waals surface area contributed by atoms with Gasteiger partial charge in [0.15, 0.2) is 0 Å². The lowest BCUT2D eigenvalue weighted by atomic mass is 10.0. The average Bonchev–Trinajstić information content (AvgIpc) is 3.09. The number of fused-ring (bicyclic) bond motifs is 1. The maximum Gasteiger partial charge on any atom is 0.203 e. The lowest BCUT2D eigenvalue weighted by Gasteiger charge is -2.11. The molecule has 0 saturated carbocycles. The minimum Gasteiger partial charge on any atom is -0.497 e. The summed E-state index contributed by atoms with van der Waals surface area (Å²) in [4.78, 5) is 13.5. The van der Waals surface area contributed by atoms with E-state index in [4.69, 9.17) is 14.2 Å². The maximum atomic E-state index is 12.9. The van der Waals surface area contributed by atoms with E-state index in [1.165, 1.54) is 11.3 Å². The van der Waals surface area contributed by atoms with Crippen molar-refractivity contribution >= 4 is 32.8 Å². The Morgan fingerprint density at radius 2 is 1.60 bits per heavy atom. The Balaban J connectivity index is 1.96. The van der Waals surface area contributed by atoms with Crippen LogP contribution in [0.25, 0.3) is 15.7 Å². The number of ether oxygens (including phenoxy) is 3.